The van der Waals surface area contributed by atoms with Crippen molar-refractivity contribution >= 4 is 46.1 Å². The molecule has 0 aliphatic carbocycles. The lowest BCUT2D eigenvalue weighted by molar-refractivity contribution is -0.112. The Hall–Kier alpha value is -3.08. The summed E-state index contributed by atoms with van der Waals surface area (Å²) in [5, 5.41) is 3.76. The standard InChI is InChI=1S/C23H16Cl2N2O2/c1-14-5-8-17(25)12-20(14)26-23(29)22(28)21-19(15-6-9-16(24)10-7-15)13-18-4-2-3-11-27(18)21/h2-13H,1H3,(H,26,29). The van der Waals surface area contributed by atoms with E-state index in [9.17, 15) is 9.59 Å². The number of aromatic nitrogens is 1. The molecule has 4 rings (SSSR count). The van der Waals surface area contributed by atoms with Crippen molar-refractivity contribution < 1.29 is 9.59 Å². The molecule has 0 spiro atoms. The van der Waals surface area contributed by atoms with Gasteiger partial charge < -0.3 is 9.72 Å². The molecule has 0 bridgehead atoms. The summed E-state index contributed by atoms with van der Waals surface area (Å²) >= 11 is 12.0. The average molecular weight is 423 g/mol. The van der Waals surface area contributed by atoms with Gasteiger partial charge in [0.2, 0.25) is 0 Å². The van der Waals surface area contributed by atoms with Gasteiger partial charge in [-0.15, -0.1) is 0 Å². The highest BCUT2D eigenvalue weighted by Crippen LogP contribution is 2.30. The number of aryl methyl sites for hydroxylation is 1. The molecule has 0 unspecified atom stereocenters. The Balaban J connectivity index is 1.78. The van der Waals surface area contributed by atoms with Gasteiger partial charge in [0.1, 0.15) is 5.69 Å². The maximum Gasteiger partial charge on any atom is 0.298 e. The Bertz CT molecular complexity index is 1240. The van der Waals surface area contributed by atoms with E-state index in [-0.39, 0.29) is 0 Å². The van der Waals surface area contributed by atoms with E-state index >= 15 is 0 Å². The minimum atomic E-state index is -0.727. The number of carbonyl (C=O) groups excluding carboxylic acids is 2. The number of benzene rings is 2. The van der Waals surface area contributed by atoms with Crippen molar-refractivity contribution in [2.24, 2.45) is 0 Å². The molecule has 0 saturated carbocycles. The lowest BCUT2D eigenvalue weighted by Gasteiger charge is -2.10. The van der Waals surface area contributed by atoms with Crippen molar-refractivity contribution in [3.63, 3.8) is 0 Å². The molecule has 29 heavy (non-hydrogen) atoms. The fourth-order valence-corrected chi connectivity index (χ4v) is 3.52. The summed E-state index contributed by atoms with van der Waals surface area (Å²) in [7, 11) is 0. The molecule has 0 aliphatic rings. The number of anilines is 1. The van der Waals surface area contributed by atoms with Crippen LogP contribution in [0.15, 0.2) is 72.9 Å². The van der Waals surface area contributed by atoms with Crippen molar-refractivity contribution in [3.05, 3.63) is 94.2 Å². The van der Waals surface area contributed by atoms with E-state index < -0.39 is 11.7 Å². The van der Waals surface area contributed by atoms with E-state index in [1.807, 2.05) is 43.3 Å². The predicted octanol–water partition coefficient (Wildman–Crippen LogP) is 6.04. The first kappa shape index (κ1) is 19.2. The van der Waals surface area contributed by atoms with Crippen LogP contribution in [0, 0.1) is 6.92 Å². The molecule has 0 fully saturated rings. The van der Waals surface area contributed by atoms with Gasteiger partial charge in [-0.2, -0.15) is 0 Å². The van der Waals surface area contributed by atoms with Crippen LogP contribution in [0.3, 0.4) is 0 Å². The highest BCUT2D eigenvalue weighted by atomic mass is 35.5. The fourth-order valence-electron chi connectivity index (χ4n) is 3.22. The highest BCUT2D eigenvalue weighted by Gasteiger charge is 2.25. The molecule has 0 radical (unpaired) electrons. The van der Waals surface area contributed by atoms with Crippen LogP contribution < -0.4 is 5.32 Å². The molecule has 2 aromatic heterocycles. The number of Topliss-reactive ketones (excluding diaryl/α,β-unsaturated/α-hetero) is 1. The lowest BCUT2D eigenvalue weighted by atomic mass is 10.0. The molecule has 0 aliphatic heterocycles. The van der Waals surface area contributed by atoms with Gasteiger partial charge in [0, 0.05) is 33.0 Å². The average Bonchev–Trinajstić information content (AvgIpc) is 3.10. The van der Waals surface area contributed by atoms with Crippen molar-refractivity contribution in [2.45, 2.75) is 6.92 Å². The molecule has 1 amide bonds. The van der Waals surface area contributed by atoms with Crippen molar-refractivity contribution in [2.75, 3.05) is 5.32 Å². The zero-order chi connectivity index (χ0) is 20.5. The Morgan fingerprint density at radius 1 is 0.897 bits per heavy atom. The highest BCUT2D eigenvalue weighted by molar-refractivity contribution is 6.47. The maximum absolute atomic E-state index is 13.2. The number of nitrogens with one attached hydrogen (secondary N) is 1. The second-order valence-corrected chi connectivity index (χ2v) is 7.52. The normalized spacial score (nSPS) is 10.9. The predicted molar refractivity (Wildman–Crippen MR) is 117 cm³/mol. The van der Waals surface area contributed by atoms with Crippen LogP contribution in [0.4, 0.5) is 5.69 Å². The van der Waals surface area contributed by atoms with Gasteiger partial charge in [-0.3, -0.25) is 9.59 Å². The minimum Gasteiger partial charge on any atom is -0.319 e. The molecule has 4 aromatic rings. The molecule has 2 heterocycles. The molecule has 1 N–H and O–H groups in total. The summed E-state index contributed by atoms with van der Waals surface area (Å²) in [6, 6.07) is 19.8. The molecule has 144 valence electrons. The van der Waals surface area contributed by atoms with Gasteiger partial charge in [-0.05, 0) is 60.5 Å². The number of amides is 1. The zero-order valence-electron chi connectivity index (χ0n) is 15.4. The summed E-state index contributed by atoms with van der Waals surface area (Å²) in [5.74, 6) is -1.37. The number of hydrogen-bond acceptors (Lipinski definition) is 2. The van der Waals surface area contributed by atoms with Crippen molar-refractivity contribution in [1.29, 1.82) is 0 Å². The third kappa shape index (κ3) is 3.77. The fraction of sp³-hybridized carbons (Fsp3) is 0.0435. The Morgan fingerprint density at radius 2 is 1.62 bits per heavy atom. The zero-order valence-corrected chi connectivity index (χ0v) is 17.0. The molecule has 0 atom stereocenters. The van der Waals surface area contributed by atoms with Crippen LogP contribution in [0.1, 0.15) is 16.1 Å². The molecular formula is C23H16Cl2N2O2. The van der Waals surface area contributed by atoms with Crippen molar-refractivity contribution in [1.82, 2.24) is 4.40 Å². The third-order valence-electron chi connectivity index (χ3n) is 4.70. The summed E-state index contributed by atoms with van der Waals surface area (Å²) in [6.45, 7) is 1.84. The monoisotopic (exact) mass is 422 g/mol. The lowest BCUT2D eigenvalue weighted by Crippen LogP contribution is -2.25. The van der Waals surface area contributed by atoms with Gasteiger partial charge in [-0.25, -0.2) is 0 Å². The Kier molecular flexibility index (Phi) is 5.14. The smallest absolute Gasteiger partial charge is 0.298 e. The van der Waals surface area contributed by atoms with E-state index in [1.54, 1.807) is 40.9 Å². The van der Waals surface area contributed by atoms with Gasteiger partial charge in [0.15, 0.2) is 0 Å². The van der Waals surface area contributed by atoms with Crippen LogP contribution in [-0.2, 0) is 4.79 Å². The van der Waals surface area contributed by atoms with Gasteiger partial charge in [0.05, 0.1) is 0 Å². The van der Waals surface area contributed by atoms with E-state index in [2.05, 4.69) is 5.32 Å². The van der Waals surface area contributed by atoms with Crippen LogP contribution in [-0.4, -0.2) is 16.1 Å². The number of ketones is 1. The van der Waals surface area contributed by atoms with E-state index in [1.165, 1.54) is 0 Å². The summed E-state index contributed by atoms with van der Waals surface area (Å²) in [6.07, 6.45) is 1.76. The van der Waals surface area contributed by atoms with Crippen LogP contribution in [0.25, 0.3) is 16.6 Å². The maximum atomic E-state index is 13.2. The Morgan fingerprint density at radius 3 is 2.38 bits per heavy atom. The van der Waals surface area contributed by atoms with Crippen molar-refractivity contribution in [3.8, 4) is 11.1 Å². The first-order valence-electron chi connectivity index (χ1n) is 8.92. The topological polar surface area (TPSA) is 50.6 Å². The van der Waals surface area contributed by atoms with E-state index in [0.717, 1.165) is 16.6 Å². The second kappa shape index (κ2) is 7.74. The second-order valence-electron chi connectivity index (χ2n) is 6.65. The molecule has 4 nitrogen and oxygen atoms in total. The molecular weight excluding hydrogens is 407 g/mol. The Labute approximate surface area is 177 Å². The first-order chi connectivity index (χ1) is 13.9. The van der Waals surface area contributed by atoms with E-state index in [0.29, 0.717) is 27.0 Å². The quantitative estimate of drug-likeness (QED) is 0.321. The number of fused-ring (bicyclic) bond motifs is 1. The number of rotatable bonds is 4. The number of pyridine rings is 1. The largest absolute Gasteiger partial charge is 0.319 e. The molecule has 0 saturated heterocycles. The van der Waals surface area contributed by atoms with Crippen LogP contribution in [0.5, 0.6) is 0 Å². The number of carbonyl (C=O) groups is 2. The summed E-state index contributed by atoms with van der Waals surface area (Å²) in [5.41, 5.74) is 3.88. The number of hydrogen-bond donors (Lipinski definition) is 1. The van der Waals surface area contributed by atoms with Crippen LogP contribution >= 0.6 is 23.2 Å². The van der Waals surface area contributed by atoms with Gasteiger partial charge in [0.25, 0.3) is 11.7 Å². The third-order valence-corrected chi connectivity index (χ3v) is 5.19. The molecule has 6 heteroatoms. The number of halogens is 2. The summed E-state index contributed by atoms with van der Waals surface area (Å²) < 4.78 is 1.72. The van der Waals surface area contributed by atoms with Gasteiger partial charge in [-0.1, -0.05) is 47.5 Å². The SMILES string of the molecule is Cc1ccc(Cl)cc1NC(=O)C(=O)c1c(-c2ccc(Cl)cc2)cc2ccccn12. The van der Waals surface area contributed by atoms with Gasteiger partial charge >= 0.3 is 0 Å². The minimum absolute atomic E-state index is 0.292. The first-order valence-corrected chi connectivity index (χ1v) is 9.67. The summed E-state index contributed by atoms with van der Waals surface area (Å²) in [4.78, 5) is 26.0. The van der Waals surface area contributed by atoms with Crippen LogP contribution in [0.2, 0.25) is 10.0 Å². The number of nitrogens with zero attached hydrogens (tertiary/aromatic N) is 1. The van der Waals surface area contributed by atoms with E-state index in [4.69, 9.17) is 23.2 Å². The molecule has 2 aromatic carbocycles.